The maximum atomic E-state index is 14.6. The number of aliphatic hydroxyl groups excluding tert-OH is 15. The largest absolute Gasteiger partial charge is 0.508 e. The molecule has 6 aliphatic heterocycles. The third kappa shape index (κ3) is 38.2. The van der Waals surface area contributed by atoms with Crippen LogP contribution in [0.2, 0.25) is 0 Å². The average Bonchev–Trinajstić information content (AvgIpc) is 1.58. The van der Waals surface area contributed by atoms with Gasteiger partial charge in [-0.2, -0.15) is 0 Å². The van der Waals surface area contributed by atoms with Crippen molar-refractivity contribution in [3.05, 3.63) is 59.7 Å². The van der Waals surface area contributed by atoms with Crippen LogP contribution < -0.4 is 65.1 Å². The van der Waals surface area contributed by atoms with Gasteiger partial charge < -0.3 is 166 Å². The predicted octanol–water partition coefficient (Wildman–Crippen LogP) is -4.39. The second kappa shape index (κ2) is 63.2. The monoisotopic (exact) mass is 2130 g/mol. The van der Waals surface area contributed by atoms with Gasteiger partial charge in [-0.25, -0.2) is 0 Å². The van der Waals surface area contributed by atoms with Gasteiger partial charge in [0.25, 0.3) is 0 Å². The molecule has 0 aliphatic carbocycles. The highest BCUT2D eigenvalue weighted by Crippen LogP contribution is 2.35. The lowest BCUT2D eigenvalue weighted by atomic mass is 9.86. The molecule has 6 saturated heterocycles. The number of amides is 12. The topological polar surface area (TPSA) is 782 Å². The van der Waals surface area contributed by atoms with E-state index < -0.39 is 318 Å². The average molecular weight is 2130 g/mol. The first-order chi connectivity index (χ1) is 71.1. The van der Waals surface area contributed by atoms with E-state index in [0.29, 0.717) is 42.9 Å². The summed E-state index contributed by atoms with van der Waals surface area (Å²) in [6.45, 7) is 11.2. The summed E-state index contributed by atoms with van der Waals surface area (Å²) in [5.41, 5.74) is 17.2. The van der Waals surface area contributed by atoms with Crippen molar-refractivity contribution in [2.75, 3.05) is 59.0 Å². The number of nitrogens with zero attached hydrogens (tertiary/aromatic N) is 4. The highest BCUT2D eigenvalue weighted by molar-refractivity contribution is 6.01. The fourth-order valence-electron chi connectivity index (χ4n) is 20.4. The molecule has 0 radical (unpaired) electrons. The first-order valence-electron chi connectivity index (χ1n) is 53.4. The Morgan fingerprint density at radius 2 is 0.800 bits per heavy atom. The minimum absolute atomic E-state index is 0.0152. The van der Waals surface area contributed by atoms with Crippen molar-refractivity contribution in [2.24, 2.45) is 52.7 Å². The molecule has 6 fully saturated rings. The van der Waals surface area contributed by atoms with Gasteiger partial charge in [0.15, 0.2) is 17.8 Å². The van der Waals surface area contributed by atoms with E-state index in [2.05, 4.69) is 89.4 Å². The quantitative estimate of drug-likeness (QED) is 0.0279. The van der Waals surface area contributed by atoms with Gasteiger partial charge in [-0.1, -0.05) is 156 Å². The van der Waals surface area contributed by atoms with Crippen LogP contribution >= 0.6 is 0 Å². The van der Waals surface area contributed by atoms with Gasteiger partial charge in [-0.3, -0.25) is 72.4 Å². The Balaban J connectivity index is 0.000000406. The summed E-state index contributed by atoms with van der Waals surface area (Å²) < 4.78 is 0. The van der Waals surface area contributed by atoms with Crippen LogP contribution in [0.3, 0.4) is 0 Å². The molecule has 0 spiro atoms. The van der Waals surface area contributed by atoms with E-state index in [1.807, 2.05) is 0 Å². The third-order valence-electron chi connectivity index (χ3n) is 29.6. The van der Waals surface area contributed by atoms with Gasteiger partial charge in [0.05, 0.1) is 91.6 Å². The fourth-order valence-corrected chi connectivity index (χ4v) is 20.4. The van der Waals surface area contributed by atoms with Crippen molar-refractivity contribution in [3.63, 3.8) is 0 Å². The molecule has 0 aromatic heterocycles. The Bertz CT molecular complexity index is 4620. The highest BCUT2D eigenvalue weighted by atomic mass is 16.4. The van der Waals surface area contributed by atoms with Crippen molar-refractivity contribution in [1.82, 2.24) is 67.5 Å². The molecule has 12 amide bonds. The van der Waals surface area contributed by atoms with Gasteiger partial charge >= 0.3 is 0 Å². The molecule has 150 heavy (non-hydrogen) atoms. The zero-order valence-electron chi connectivity index (χ0n) is 87.4. The predicted molar refractivity (Wildman–Crippen MR) is 543 cm³/mol. The molecule has 0 bridgehead atoms. The second-order valence-corrected chi connectivity index (χ2v) is 41.9. The van der Waals surface area contributed by atoms with E-state index in [1.54, 1.807) is 0 Å². The zero-order chi connectivity index (χ0) is 111. The highest BCUT2D eigenvalue weighted by Gasteiger charge is 2.53. The number of Topliss-reactive ketones (excluding diaryl/α,β-unsaturated/α-hetero) is 2. The number of hydrogen-bond acceptors (Lipinski definition) is 35. The number of ketones is 2. The fraction of sp³-hybridized carbons (Fsp3) is 0.748. The molecule has 2 aromatic carbocycles. The number of carbonyl (C=O) groups excluding carboxylic acids is 14. The van der Waals surface area contributed by atoms with E-state index in [1.165, 1.54) is 61.4 Å². The maximum Gasteiger partial charge on any atom is 0.248 e. The number of benzene rings is 2. The number of nitrogens with two attached hydrogens (primary N) is 3. The van der Waals surface area contributed by atoms with Crippen molar-refractivity contribution >= 4 is 82.5 Å². The number of hydrogen-bond donors (Lipinski definition) is 29. The molecular formula is C103H170N16O31. The molecule has 31 atom stereocenters. The Morgan fingerprint density at radius 1 is 0.413 bits per heavy atom. The van der Waals surface area contributed by atoms with Crippen molar-refractivity contribution in [3.8, 4) is 11.5 Å². The lowest BCUT2D eigenvalue weighted by Crippen LogP contribution is -2.63. The lowest BCUT2D eigenvalue weighted by molar-refractivity contribution is -0.149. The summed E-state index contributed by atoms with van der Waals surface area (Å²) in [4.78, 5) is 202. The van der Waals surface area contributed by atoms with Crippen LogP contribution in [-0.2, 0) is 67.1 Å². The normalized spacial score (nSPS) is 29.0. The minimum Gasteiger partial charge on any atom is -0.508 e. The van der Waals surface area contributed by atoms with Crippen LogP contribution in [0.1, 0.15) is 264 Å². The van der Waals surface area contributed by atoms with Gasteiger partial charge in [0.1, 0.15) is 84.3 Å². The van der Waals surface area contributed by atoms with Gasteiger partial charge in [-0.15, -0.1) is 0 Å². The summed E-state index contributed by atoms with van der Waals surface area (Å²) in [6, 6.07) is -7.75. The molecule has 47 heteroatoms. The number of nitrogens with one attached hydrogen (secondary N) is 9. The number of carbonyl (C=O) groups is 14. The Labute approximate surface area is 875 Å². The molecule has 47 nitrogen and oxygen atoms in total. The molecule has 0 saturated carbocycles. The first kappa shape index (κ1) is 127. The van der Waals surface area contributed by atoms with Crippen molar-refractivity contribution < 1.29 is 154 Å². The van der Waals surface area contributed by atoms with Gasteiger partial charge in [0, 0.05) is 97.1 Å². The number of aliphatic hydroxyl groups is 15. The summed E-state index contributed by atoms with van der Waals surface area (Å²) >= 11 is 0. The number of unbranched alkanes of at least 4 members (excludes halogenated alkanes) is 10. The molecular weight excluding hydrogens is 1960 g/mol. The maximum absolute atomic E-state index is 14.6. The zero-order valence-corrected chi connectivity index (χ0v) is 87.4. The number of fused-ring (bicyclic) bond motifs is 4. The van der Waals surface area contributed by atoms with Gasteiger partial charge in [-0.05, 0) is 124 Å². The van der Waals surface area contributed by atoms with Gasteiger partial charge in [0.2, 0.25) is 70.9 Å². The second-order valence-electron chi connectivity index (χ2n) is 41.9. The lowest BCUT2D eigenvalue weighted by Gasteiger charge is -2.34. The SMILES string of the molecule is CC[C@H](C)C[C@H](C)CCCCCCCCC(=O)N[C@H]1C[C@@H](O)C(NCCN)NC(=O)[C@@H]2[C@@H](O)CCN2C(=O)[C@H]([C@H](O)CCN)NC(=O)[C@H]([C@H](O)[C@@H](O)c2ccc(O)cc2)CC(=O)[C@@H]2C[C@@H](O)CN2C(=O)[C@H](CO)NC1=O.CC[C@H](C)C[C@H](C)CCCCCCCCC(=O)N[C@H]1C[C@@H](O)[C@@H](O)NC(=O)[C@@H]2C[C@@H](O)CN2C(=O)[C@H]([C@H](O)CCN)NC(=O)[C@H]([C@H](O)[C@@H](O)c2ccc(O)cc2)CC(=O)[C@@H]2C[C@@H](O)CN2C(=O)[C@H]([C@@H](C)O)NC1=O. The third-order valence-corrected chi connectivity index (χ3v) is 29.6. The van der Waals surface area contributed by atoms with Crippen LogP contribution in [0, 0.1) is 35.5 Å². The van der Waals surface area contributed by atoms with E-state index >= 15 is 0 Å². The first-order valence-corrected chi connectivity index (χ1v) is 53.4. The van der Waals surface area contributed by atoms with Crippen LogP contribution in [0.15, 0.2) is 48.5 Å². The number of phenolic OH excluding ortho intramolecular Hbond substituents is 2. The molecule has 6 heterocycles. The number of rotatable bonds is 43. The molecule has 1 unspecified atom stereocenters. The molecule has 848 valence electrons. The minimum atomic E-state index is -2.19. The molecule has 2 aromatic rings. The summed E-state index contributed by atoms with van der Waals surface area (Å²) in [6.07, 6.45) is -14.7. The molecule has 32 N–H and O–H groups in total. The number of phenols is 2. The van der Waals surface area contributed by atoms with E-state index in [-0.39, 0.29) is 87.5 Å². The number of aromatic hydroxyl groups is 2. The van der Waals surface area contributed by atoms with E-state index in [9.17, 15) is 154 Å². The van der Waals surface area contributed by atoms with Crippen molar-refractivity contribution in [2.45, 2.75) is 393 Å². The van der Waals surface area contributed by atoms with E-state index in [4.69, 9.17) is 17.2 Å². The standard InChI is InChI=1S/C52H87N9O15.C51H83N7O16/c1-4-29(2)23-30(3)11-9-7-5-6-8-10-12-42(69)56-35-26-41(68)47(55-21-20-54)59-50(74)44-39(66)18-22-60(44)52(76)43(38(65)17-19-53)58-48(72)34(46(71)45(70)31-13-15-32(63)16-14-31)25-40(67)37-24-33(64)27-61(37)51(75)36(28-62)57-49(35)73;1-5-27(2)20-28(3)12-10-8-6-7-9-11-13-41(66)53-35-24-40(65)49(72)56-48(71)37-22-33(62)26-58(37)51(74)43(38(63)18-19-52)55-46(69)34(45(68)44(67)30-14-16-31(60)17-15-30)23-39(64)36-21-32(61)25-57(36)50(73)42(29(4)59)54-47(35)70/h13-16,29-30,33-39,41,43-47,55,62-66,68,70-71H,4-12,17-28,53-54H2,1-3H3,(H,56,69)(H,57,73)(H,58,72)(H,59,74);14-17,27-29,32-38,40,42-45,49,59-63,65,67-68,72H,5-13,18-26,52H2,1-4H3,(H,53,66)(H,54,70)(H,55,69)(H,56,71)/t29-,30+,33+,34-,35-,36-,37-,38+,39-,41+,43-,44-,45-,46-,47?;27-,28+,29+,32+,33+,34-,35-,36-,37-,38+,40+,42-,43-,44-,45-,49+/m00/s1. The Hall–Kier alpha value is -9.74. The van der Waals surface area contributed by atoms with Crippen molar-refractivity contribution in [1.29, 1.82) is 0 Å². The summed E-state index contributed by atoms with van der Waals surface area (Å²) in [7, 11) is 0. The molecule has 8 rings (SSSR count). The Morgan fingerprint density at radius 3 is 1.22 bits per heavy atom. The molecule has 6 aliphatic rings. The smallest absolute Gasteiger partial charge is 0.248 e. The Kier molecular flexibility index (Phi) is 53.6. The van der Waals surface area contributed by atoms with Crippen LogP contribution in [0.4, 0.5) is 0 Å². The summed E-state index contributed by atoms with van der Waals surface area (Å²) in [5, 5.41) is 210. The summed E-state index contributed by atoms with van der Waals surface area (Å²) in [5.74, 6) is -16.2. The van der Waals surface area contributed by atoms with Crippen LogP contribution in [0.25, 0.3) is 0 Å². The van der Waals surface area contributed by atoms with E-state index in [0.717, 1.165) is 110 Å². The van der Waals surface area contributed by atoms with Crippen LogP contribution in [0.5, 0.6) is 11.5 Å². The van der Waals surface area contributed by atoms with Crippen LogP contribution in [-0.4, -0.2) is 388 Å².